The number of nitrogens with zero attached hydrogens (tertiary/aromatic N) is 2. The predicted molar refractivity (Wildman–Crippen MR) is 87.2 cm³/mol. The van der Waals surface area contributed by atoms with Crippen LogP contribution in [0.4, 0.5) is 0 Å². The van der Waals surface area contributed by atoms with Crippen LogP contribution in [0.3, 0.4) is 0 Å². The molecule has 102 valence electrons. The molecular formula is C14H24IN3. The SMILES string of the molecule is C#CCN=C(NCC)N1CC2CCCCC2C1.I. The monoisotopic (exact) mass is 361 g/mol. The van der Waals surface area contributed by atoms with Crippen molar-refractivity contribution in [3.63, 3.8) is 0 Å². The minimum atomic E-state index is 0. The van der Waals surface area contributed by atoms with Crippen LogP contribution in [0.15, 0.2) is 4.99 Å². The number of rotatable bonds is 2. The Labute approximate surface area is 128 Å². The molecule has 0 bridgehead atoms. The molecule has 0 aromatic heterocycles. The van der Waals surface area contributed by atoms with Gasteiger partial charge >= 0.3 is 0 Å². The smallest absolute Gasteiger partial charge is 0.194 e. The number of hydrogen-bond acceptors (Lipinski definition) is 1. The van der Waals surface area contributed by atoms with Gasteiger partial charge in [0.2, 0.25) is 0 Å². The molecule has 0 spiro atoms. The molecule has 1 aliphatic heterocycles. The highest BCUT2D eigenvalue weighted by molar-refractivity contribution is 14.0. The standard InChI is InChI=1S/C14H23N3.HI/c1-3-9-16-14(15-4-2)17-10-12-7-5-6-8-13(12)11-17;/h1,12-13H,4-11H2,2H3,(H,15,16);1H. The Kier molecular flexibility index (Phi) is 6.83. The fourth-order valence-electron chi connectivity index (χ4n) is 3.13. The first kappa shape index (κ1) is 15.6. The zero-order valence-corrected chi connectivity index (χ0v) is 13.5. The van der Waals surface area contributed by atoms with E-state index in [-0.39, 0.29) is 24.0 Å². The Morgan fingerprint density at radius 2 is 1.94 bits per heavy atom. The third kappa shape index (κ3) is 3.78. The van der Waals surface area contributed by atoms with Gasteiger partial charge in [-0.05, 0) is 31.6 Å². The Hall–Kier alpha value is -0.440. The second kappa shape index (κ2) is 7.88. The fraction of sp³-hybridized carbons (Fsp3) is 0.786. The highest BCUT2D eigenvalue weighted by Gasteiger charge is 2.35. The van der Waals surface area contributed by atoms with Gasteiger partial charge in [-0.2, -0.15) is 0 Å². The molecule has 0 aromatic rings. The molecule has 0 amide bonds. The van der Waals surface area contributed by atoms with Crippen LogP contribution in [0.2, 0.25) is 0 Å². The van der Waals surface area contributed by atoms with Gasteiger partial charge in [-0.1, -0.05) is 18.8 Å². The van der Waals surface area contributed by atoms with Crippen LogP contribution >= 0.6 is 24.0 Å². The first-order valence-electron chi connectivity index (χ1n) is 6.82. The van der Waals surface area contributed by atoms with Gasteiger partial charge in [0.15, 0.2) is 5.96 Å². The summed E-state index contributed by atoms with van der Waals surface area (Å²) in [5.41, 5.74) is 0. The fourth-order valence-corrected chi connectivity index (χ4v) is 3.13. The number of guanidine groups is 1. The predicted octanol–water partition coefficient (Wildman–Crippen LogP) is 2.33. The van der Waals surface area contributed by atoms with E-state index in [4.69, 9.17) is 6.42 Å². The Morgan fingerprint density at radius 3 is 2.44 bits per heavy atom. The van der Waals surface area contributed by atoms with Crippen LogP contribution in [-0.2, 0) is 0 Å². The summed E-state index contributed by atoms with van der Waals surface area (Å²) in [6.45, 7) is 5.83. The van der Waals surface area contributed by atoms with Crippen molar-refractivity contribution in [3.8, 4) is 12.3 Å². The summed E-state index contributed by atoms with van der Waals surface area (Å²) < 4.78 is 0. The van der Waals surface area contributed by atoms with Crippen molar-refractivity contribution in [1.29, 1.82) is 0 Å². The maximum atomic E-state index is 5.29. The van der Waals surface area contributed by atoms with Gasteiger partial charge in [0.1, 0.15) is 6.54 Å². The molecule has 0 aromatic carbocycles. The maximum Gasteiger partial charge on any atom is 0.194 e. The molecule has 18 heavy (non-hydrogen) atoms. The van der Waals surface area contributed by atoms with E-state index >= 15 is 0 Å². The Bertz CT molecular complexity index is 307. The van der Waals surface area contributed by atoms with E-state index in [9.17, 15) is 0 Å². The Morgan fingerprint density at radius 1 is 1.33 bits per heavy atom. The molecule has 1 saturated carbocycles. The summed E-state index contributed by atoms with van der Waals surface area (Å²) in [5, 5.41) is 3.35. The first-order valence-corrected chi connectivity index (χ1v) is 6.82. The third-order valence-corrected chi connectivity index (χ3v) is 3.93. The molecular weight excluding hydrogens is 337 g/mol. The largest absolute Gasteiger partial charge is 0.356 e. The molecule has 1 saturated heterocycles. The van der Waals surface area contributed by atoms with Crippen LogP contribution in [-0.4, -0.2) is 37.0 Å². The van der Waals surface area contributed by atoms with Gasteiger partial charge in [0.25, 0.3) is 0 Å². The maximum absolute atomic E-state index is 5.29. The second-order valence-electron chi connectivity index (χ2n) is 5.08. The molecule has 4 heteroatoms. The highest BCUT2D eigenvalue weighted by atomic mass is 127. The van der Waals surface area contributed by atoms with E-state index in [0.717, 1.165) is 24.3 Å². The molecule has 0 radical (unpaired) electrons. The molecule has 1 heterocycles. The van der Waals surface area contributed by atoms with Gasteiger partial charge in [-0.15, -0.1) is 30.4 Å². The zero-order chi connectivity index (χ0) is 12.1. The van der Waals surface area contributed by atoms with Crippen molar-refractivity contribution in [3.05, 3.63) is 0 Å². The average molecular weight is 361 g/mol. The number of fused-ring (bicyclic) bond motifs is 1. The van der Waals surface area contributed by atoms with Gasteiger partial charge in [-0.3, -0.25) is 0 Å². The minimum Gasteiger partial charge on any atom is -0.356 e. The summed E-state index contributed by atoms with van der Waals surface area (Å²) in [7, 11) is 0. The summed E-state index contributed by atoms with van der Waals surface area (Å²) in [6, 6.07) is 0. The normalized spacial score (nSPS) is 27.1. The summed E-state index contributed by atoms with van der Waals surface area (Å²) in [5.74, 6) is 5.38. The Balaban J connectivity index is 0.00000162. The highest BCUT2D eigenvalue weighted by Crippen LogP contribution is 2.35. The minimum absolute atomic E-state index is 0. The van der Waals surface area contributed by atoms with Crippen molar-refractivity contribution in [2.45, 2.75) is 32.6 Å². The summed E-state index contributed by atoms with van der Waals surface area (Å²) in [4.78, 5) is 6.87. The van der Waals surface area contributed by atoms with Crippen molar-refractivity contribution in [2.24, 2.45) is 16.8 Å². The number of hydrogen-bond donors (Lipinski definition) is 1. The van der Waals surface area contributed by atoms with Crippen LogP contribution in [0.25, 0.3) is 0 Å². The lowest BCUT2D eigenvalue weighted by atomic mass is 9.82. The molecule has 2 unspecified atom stereocenters. The lowest BCUT2D eigenvalue weighted by Gasteiger charge is -2.22. The molecule has 2 aliphatic rings. The van der Waals surface area contributed by atoms with E-state index in [2.05, 4.69) is 28.1 Å². The van der Waals surface area contributed by atoms with Crippen LogP contribution < -0.4 is 5.32 Å². The van der Waals surface area contributed by atoms with E-state index < -0.39 is 0 Å². The summed E-state index contributed by atoms with van der Waals surface area (Å²) >= 11 is 0. The van der Waals surface area contributed by atoms with Crippen LogP contribution in [0.1, 0.15) is 32.6 Å². The number of halogens is 1. The number of terminal acetylenes is 1. The van der Waals surface area contributed by atoms with Crippen molar-refractivity contribution in [2.75, 3.05) is 26.2 Å². The van der Waals surface area contributed by atoms with Crippen molar-refractivity contribution >= 4 is 29.9 Å². The van der Waals surface area contributed by atoms with Gasteiger partial charge in [0.05, 0.1) is 0 Å². The lowest BCUT2D eigenvalue weighted by molar-refractivity contribution is 0.299. The zero-order valence-electron chi connectivity index (χ0n) is 11.2. The van der Waals surface area contributed by atoms with Gasteiger partial charge in [0, 0.05) is 19.6 Å². The van der Waals surface area contributed by atoms with E-state index in [1.807, 2.05) is 0 Å². The van der Waals surface area contributed by atoms with Crippen LogP contribution in [0.5, 0.6) is 0 Å². The van der Waals surface area contributed by atoms with Gasteiger partial charge < -0.3 is 10.2 Å². The molecule has 1 aliphatic carbocycles. The first-order chi connectivity index (χ1) is 8.35. The van der Waals surface area contributed by atoms with Gasteiger partial charge in [-0.25, -0.2) is 4.99 Å². The quantitative estimate of drug-likeness (QED) is 0.354. The lowest BCUT2D eigenvalue weighted by Crippen LogP contribution is -2.40. The number of nitrogens with one attached hydrogen (secondary N) is 1. The second-order valence-corrected chi connectivity index (χ2v) is 5.08. The summed E-state index contributed by atoms with van der Waals surface area (Å²) in [6.07, 6.45) is 10.9. The van der Waals surface area contributed by atoms with Crippen LogP contribution in [0, 0.1) is 24.2 Å². The average Bonchev–Trinajstić information content (AvgIpc) is 2.78. The van der Waals surface area contributed by atoms with Crippen molar-refractivity contribution in [1.82, 2.24) is 10.2 Å². The van der Waals surface area contributed by atoms with E-state index in [1.165, 1.54) is 38.8 Å². The van der Waals surface area contributed by atoms with E-state index in [1.54, 1.807) is 0 Å². The molecule has 3 nitrogen and oxygen atoms in total. The topological polar surface area (TPSA) is 27.6 Å². The third-order valence-electron chi connectivity index (χ3n) is 3.93. The molecule has 2 atom stereocenters. The number of aliphatic imine (C=N–C) groups is 1. The number of likely N-dealkylation sites (tertiary alicyclic amines) is 1. The molecule has 2 rings (SSSR count). The molecule has 2 fully saturated rings. The molecule has 1 N–H and O–H groups in total. The van der Waals surface area contributed by atoms with E-state index in [0.29, 0.717) is 6.54 Å². The van der Waals surface area contributed by atoms with Crippen molar-refractivity contribution < 1.29 is 0 Å².